The van der Waals surface area contributed by atoms with Crippen LogP contribution in [-0.4, -0.2) is 26.4 Å². The standard InChI is InChI=1S/C19H24N4OS/c1-3-13-6-4-5-12(2)17(13)20-16(24)11-25-19-22-21-18(14-7-8-14)23(19)15-9-10-15/h4-6,14-15H,3,7-11H2,1-2H3,(H,20,24). The molecule has 2 fully saturated rings. The van der Waals surface area contributed by atoms with Crippen LogP contribution >= 0.6 is 11.8 Å². The predicted octanol–water partition coefficient (Wildman–Crippen LogP) is 4.09. The summed E-state index contributed by atoms with van der Waals surface area (Å²) >= 11 is 1.51. The van der Waals surface area contributed by atoms with Gasteiger partial charge in [0.25, 0.3) is 0 Å². The lowest BCUT2D eigenvalue weighted by Crippen LogP contribution is -2.16. The molecule has 2 aliphatic carbocycles. The lowest BCUT2D eigenvalue weighted by atomic mass is 10.1. The van der Waals surface area contributed by atoms with Crippen LogP contribution in [0, 0.1) is 6.92 Å². The van der Waals surface area contributed by atoms with Crippen molar-refractivity contribution in [2.45, 2.75) is 63.1 Å². The molecule has 0 saturated heterocycles. The molecule has 0 spiro atoms. The summed E-state index contributed by atoms with van der Waals surface area (Å²) in [5, 5.41) is 12.8. The summed E-state index contributed by atoms with van der Waals surface area (Å²) < 4.78 is 2.29. The molecule has 5 nitrogen and oxygen atoms in total. The van der Waals surface area contributed by atoms with Crippen molar-refractivity contribution >= 4 is 23.4 Å². The Hall–Kier alpha value is -1.82. The normalized spacial score (nSPS) is 16.9. The number of benzene rings is 1. The van der Waals surface area contributed by atoms with E-state index in [1.165, 1.54) is 43.0 Å². The first-order valence-electron chi connectivity index (χ1n) is 9.13. The van der Waals surface area contributed by atoms with Gasteiger partial charge in [0, 0.05) is 17.6 Å². The molecule has 1 aromatic carbocycles. The molecular formula is C19H24N4OS. The molecular weight excluding hydrogens is 332 g/mol. The van der Waals surface area contributed by atoms with E-state index in [1.54, 1.807) is 0 Å². The summed E-state index contributed by atoms with van der Waals surface area (Å²) in [6.45, 7) is 4.14. The summed E-state index contributed by atoms with van der Waals surface area (Å²) in [5.74, 6) is 2.12. The Bertz CT molecular complexity index is 793. The number of anilines is 1. The smallest absolute Gasteiger partial charge is 0.234 e. The van der Waals surface area contributed by atoms with Crippen molar-refractivity contribution in [3.63, 3.8) is 0 Å². The highest BCUT2D eigenvalue weighted by Crippen LogP contribution is 2.46. The van der Waals surface area contributed by atoms with Crippen molar-refractivity contribution in [2.75, 3.05) is 11.1 Å². The SMILES string of the molecule is CCc1cccc(C)c1NC(=O)CSc1nnc(C2CC2)n1C1CC1. The van der Waals surface area contributed by atoms with Gasteiger partial charge in [0.1, 0.15) is 5.82 Å². The van der Waals surface area contributed by atoms with E-state index in [4.69, 9.17) is 0 Å². The number of nitrogens with one attached hydrogen (secondary N) is 1. The van der Waals surface area contributed by atoms with Crippen LogP contribution in [0.15, 0.2) is 23.4 Å². The van der Waals surface area contributed by atoms with Crippen molar-refractivity contribution in [1.82, 2.24) is 14.8 Å². The second kappa shape index (κ2) is 6.83. The number of thioether (sulfide) groups is 1. The first-order valence-corrected chi connectivity index (χ1v) is 10.1. The van der Waals surface area contributed by atoms with Gasteiger partial charge in [-0.1, -0.05) is 36.9 Å². The Morgan fingerprint density at radius 3 is 2.76 bits per heavy atom. The maximum Gasteiger partial charge on any atom is 0.234 e. The highest BCUT2D eigenvalue weighted by Gasteiger charge is 2.36. The Morgan fingerprint density at radius 1 is 1.28 bits per heavy atom. The molecule has 2 aromatic rings. The van der Waals surface area contributed by atoms with Gasteiger partial charge in [0.15, 0.2) is 5.16 Å². The average molecular weight is 356 g/mol. The minimum Gasteiger partial charge on any atom is -0.325 e. The zero-order chi connectivity index (χ0) is 17.4. The van der Waals surface area contributed by atoms with Crippen LogP contribution in [0.4, 0.5) is 5.69 Å². The van der Waals surface area contributed by atoms with Crippen LogP contribution in [0.1, 0.15) is 61.5 Å². The van der Waals surface area contributed by atoms with Gasteiger partial charge < -0.3 is 9.88 Å². The Morgan fingerprint density at radius 2 is 2.08 bits per heavy atom. The summed E-state index contributed by atoms with van der Waals surface area (Å²) in [5.41, 5.74) is 3.24. The van der Waals surface area contributed by atoms with Gasteiger partial charge in [-0.3, -0.25) is 4.79 Å². The summed E-state index contributed by atoms with van der Waals surface area (Å²) in [4.78, 5) is 12.5. The monoisotopic (exact) mass is 356 g/mol. The molecule has 6 heteroatoms. The topological polar surface area (TPSA) is 59.8 Å². The molecule has 2 aliphatic rings. The number of rotatable bonds is 7. The van der Waals surface area contributed by atoms with Crippen molar-refractivity contribution < 1.29 is 4.79 Å². The van der Waals surface area contributed by atoms with Crippen LogP contribution in [0.5, 0.6) is 0 Å². The van der Waals surface area contributed by atoms with Gasteiger partial charge in [-0.25, -0.2) is 0 Å². The number of hydrogen-bond acceptors (Lipinski definition) is 4. The highest BCUT2D eigenvalue weighted by atomic mass is 32.2. The number of hydrogen-bond donors (Lipinski definition) is 1. The van der Waals surface area contributed by atoms with Crippen LogP contribution in [-0.2, 0) is 11.2 Å². The number of carbonyl (C=O) groups is 1. The summed E-state index contributed by atoms with van der Waals surface area (Å²) in [6.07, 6.45) is 5.78. The van der Waals surface area contributed by atoms with Crippen LogP contribution < -0.4 is 5.32 Å². The van der Waals surface area contributed by atoms with Crippen molar-refractivity contribution in [3.05, 3.63) is 35.2 Å². The number of amides is 1. The zero-order valence-corrected chi connectivity index (χ0v) is 15.6. The first kappa shape index (κ1) is 16.6. The maximum absolute atomic E-state index is 12.5. The van der Waals surface area contributed by atoms with Gasteiger partial charge in [-0.15, -0.1) is 10.2 Å². The first-order chi connectivity index (χ1) is 12.2. The fourth-order valence-corrected chi connectivity index (χ4v) is 4.00. The fraction of sp³-hybridized carbons (Fsp3) is 0.526. The minimum atomic E-state index is 0.0207. The second-order valence-corrected chi connectivity index (χ2v) is 7.96. The van der Waals surface area contributed by atoms with E-state index in [2.05, 4.69) is 33.1 Å². The average Bonchev–Trinajstić information content (AvgIpc) is 3.53. The predicted molar refractivity (Wildman–Crippen MR) is 100 cm³/mol. The van der Waals surface area contributed by atoms with Crippen LogP contribution in [0.3, 0.4) is 0 Å². The second-order valence-electron chi connectivity index (χ2n) is 7.02. The van der Waals surface area contributed by atoms with Gasteiger partial charge >= 0.3 is 0 Å². The molecule has 0 atom stereocenters. The van der Waals surface area contributed by atoms with Crippen LogP contribution in [0.25, 0.3) is 0 Å². The quantitative estimate of drug-likeness (QED) is 0.759. The molecule has 0 radical (unpaired) electrons. The van der Waals surface area contributed by atoms with Gasteiger partial charge in [0.05, 0.1) is 5.75 Å². The van der Waals surface area contributed by atoms with E-state index in [0.717, 1.165) is 28.7 Å². The molecule has 25 heavy (non-hydrogen) atoms. The minimum absolute atomic E-state index is 0.0207. The lowest BCUT2D eigenvalue weighted by Gasteiger charge is -2.13. The molecule has 0 bridgehead atoms. The zero-order valence-electron chi connectivity index (χ0n) is 14.8. The third-order valence-corrected chi connectivity index (χ3v) is 5.83. The van der Waals surface area contributed by atoms with E-state index in [9.17, 15) is 4.79 Å². The van der Waals surface area contributed by atoms with Crippen molar-refractivity contribution in [1.29, 1.82) is 0 Å². The van der Waals surface area contributed by atoms with Gasteiger partial charge in [-0.05, 0) is 50.2 Å². The number of nitrogens with zero attached hydrogens (tertiary/aromatic N) is 3. The Balaban J connectivity index is 1.43. The Kier molecular flexibility index (Phi) is 4.54. The molecule has 0 unspecified atom stereocenters. The number of carbonyl (C=O) groups excluding carboxylic acids is 1. The molecule has 1 heterocycles. The Labute approximate surface area is 152 Å². The number of aryl methyl sites for hydroxylation is 2. The van der Waals surface area contributed by atoms with Crippen molar-refractivity contribution in [2.24, 2.45) is 0 Å². The maximum atomic E-state index is 12.5. The molecule has 2 saturated carbocycles. The molecule has 0 aliphatic heterocycles. The lowest BCUT2D eigenvalue weighted by molar-refractivity contribution is -0.113. The van der Waals surface area contributed by atoms with E-state index in [-0.39, 0.29) is 5.91 Å². The van der Waals surface area contributed by atoms with E-state index >= 15 is 0 Å². The van der Waals surface area contributed by atoms with Crippen molar-refractivity contribution in [3.8, 4) is 0 Å². The number of aromatic nitrogens is 3. The molecule has 4 rings (SSSR count). The molecule has 132 valence electrons. The van der Waals surface area contributed by atoms with E-state index < -0.39 is 0 Å². The molecule has 1 amide bonds. The number of para-hydroxylation sites is 1. The largest absolute Gasteiger partial charge is 0.325 e. The fourth-order valence-electron chi connectivity index (χ4n) is 3.19. The molecule has 1 aromatic heterocycles. The third-order valence-electron chi connectivity index (χ3n) is 4.88. The summed E-state index contributed by atoms with van der Waals surface area (Å²) in [7, 11) is 0. The third kappa shape index (κ3) is 3.59. The van der Waals surface area contributed by atoms with Gasteiger partial charge in [0.2, 0.25) is 5.91 Å². The molecule has 1 N–H and O–H groups in total. The van der Waals surface area contributed by atoms with E-state index in [0.29, 0.717) is 17.7 Å². The van der Waals surface area contributed by atoms with Crippen LogP contribution in [0.2, 0.25) is 0 Å². The summed E-state index contributed by atoms with van der Waals surface area (Å²) in [6, 6.07) is 6.70. The van der Waals surface area contributed by atoms with E-state index in [1.807, 2.05) is 19.1 Å². The van der Waals surface area contributed by atoms with Gasteiger partial charge in [-0.2, -0.15) is 0 Å². The highest BCUT2D eigenvalue weighted by molar-refractivity contribution is 7.99.